The quantitative estimate of drug-likeness (QED) is 0.735. The van der Waals surface area contributed by atoms with Gasteiger partial charge in [0, 0.05) is 6.54 Å². The second kappa shape index (κ2) is 8.37. The monoisotopic (exact) mass is 381 g/mol. The zero-order valence-electron chi connectivity index (χ0n) is 13.9. The highest BCUT2D eigenvalue weighted by Gasteiger charge is 2.31. The van der Waals surface area contributed by atoms with Crippen LogP contribution >= 0.6 is 0 Å². The third kappa shape index (κ3) is 6.48. The Balaban J connectivity index is 1.82. The molecule has 1 saturated carbocycles. The second-order valence-electron chi connectivity index (χ2n) is 6.09. The molecule has 9 heteroatoms. The third-order valence-electron chi connectivity index (χ3n) is 4.13. The molecule has 1 N–H and O–H groups in total. The van der Waals surface area contributed by atoms with Gasteiger partial charge < -0.3 is 9.47 Å². The molecule has 0 saturated heterocycles. The van der Waals surface area contributed by atoms with Crippen LogP contribution in [0.2, 0.25) is 0 Å². The lowest BCUT2D eigenvalue weighted by Gasteiger charge is -2.28. The van der Waals surface area contributed by atoms with Crippen LogP contribution in [0.25, 0.3) is 0 Å². The summed E-state index contributed by atoms with van der Waals surface area (Å²) in [5, 5.41) is 0. The molecular formula is C16H22F3NO4S. The van der Waals surface area contributed by atoms with Gasteiger partial charge in [0.25, 0.3) is 0 Å². The predicted molar refractivity (Wildman–Crippen MR) is 85.7 cm³/mol. The zero-order chi connectivity index (χ0) is 18.5. The van der Waals surface area contributed by atoms with E-state index in [1.54, 1.807) is 0 Å². The average Bonchev–Trinajstić information content (AvgIpc) is 2.52. The largest absolute Gasteiger partial charge is 0.573 e. The molecule has 1 fully saturated rings. The standard InChI is InChI=1S/C16H22F3NO4S/c1-12-4-2-3-5-15(12)23-11-10-20-25(21,22)14-8-6-13(7-9-14)24-16(17,18)19/h6-9,12,15,20H,2-5,10-11H2,1H3/t12-,15-/m1/s1. The van der Waals surface area contributed by atoms with Crippen molar-refractivity contribution in [3.8, 4) is 5.75 Å². The van der Waals surface area contributed by atoms with Crippen LogP contribution in [0.5, 0.6) is 5.75 Å². The molecule has 0 heterocycles. The van der Waals surface area contributed by atoms with Gasteiger partial charge >= 0.3 is 6.36 Å². The summed E-state index contributed by atoms with van der Waals surface area (Å²) in [6.45, 7) is 2.48. The lowest BCUT2D eigenvalue weighted by molar-refractivity contribution is -0.274. The number of benzene rings is 1. The summed E-state index contributed by atoms with van der Waals surface area (Å²) >= 11 is 0. The highest BCUT2D eigenvalue weighted by Crippen LogP contribution is 2.26. The maximum absolute atomic E-state index is 12.1. The fourth-order valence-electron chi connectivity index (χ4n) is 2.82. The van der Waals surface area contributed by atoms with E-state index in [1.165, 1.54) is 6.42 Å². The van der Waals surface area contributed by atoms with Crippen molar-refractivity contribution in [1.29, 1.82) is 0 Å². The van der Waals surface area contributed by atoms with Crippen LogP contribution in [0.3, 0.4) is 0 Å². The van der Waals surface area contributed by atoms with E-state index >= 15 is 0 Å². The van der Waals surface area contributed by atoms with Gasteiger partial charge in [-0.2, -0.15) is 0 Å². The van der Waals surface area contributed by atoms with E-state index in [2.05, 4.69) is 16.4 Å². The lowest BCUT2D eigenvalue weighted by Crippen LogP contribution is -2.31. The van der Waals surface area contributed by atoms with Crippen LogP contribution < -0.4 is 9.46 Å². The maximum atomic E-state index is 12.1. The number of nitrogens with one attached hydrogen (secondary N) is 1. The summed E-state index contributed by atoms with van der Waals surface area (Å²) in [5.41, 5.74) is 0. The van der Waals surface area contributed by atoms with Gasteiger partial charge in [-0.1, -0.05) is 19.8 Å². The summed E-state index contributed by atoms with van der Waals surface area (Å²) in [6, 6.07) is 4.05. The highest BCUT2D eigenvalue weighted by atomic mass is 32.2. The molecule has 0 radical (unpaired) electrons. The molecule has 0 bridgehead atoms. The van der Waals surface area contributed by atoms with E-state index in [0.29, 0.717) is 5.92 Å². The molecule has 0 amide bonds. The normalized spacial score (nSPS) is 21.9. The Labute approximate surface area is 145 Å². The number of alkyl halides is 3. The van der Waals surface area contributed by atoms with Crippen molar-refractivity contribution in [2.45, 2.75) is 50.0 Å². The minimum absolute atomic E-state index is 0.104. The first-order valence-electron chi connectivity index (χ1n) is 8.14. The number of sulfonamides is 1. The molecule has 2 rings (SSSR count). The fourth-order valence-corrected chi connectivity index (χ4v) is 3.83. The predicted octanol–water partition coefficient (Wildman–Crippen LogP) is 3.46. The van der Waals surface area contributed by atoms with E-state index in [-0.39, 0.29) is 24.2 Å². The van der Waals surface area contributed by atoms with Crippen molar-refractivity contribution in [2.24, 2.45) is 5.92 Å². The van der Waals surface area contributed by atoms with Crippen molar-refractivity contribution < 1.29 is 31.1 Å². The van der Waals surface area contributed by atoms with Crippen molar-refractivity contribution in [3.63, 3.8) is 0 Å². The molecule has 25 heavy (non-hydrogen) atoms. The van der Waals surface area contributed by atoms with Crippen molar-refractivity contribution in [3.05, 3.63) is 24.3 Å². The molecule has 0 aliphatic heterocycles. The Bertz CT molecular complexity index is 646. The van der Waals surface area contributed by atoms with Crippen LogP contribution in [0.1, 0.15) is 32.6 Å². The molecule has 5 nitrogen and oxygen atoms in total. The SMILES string of the molecule is C[C@@H]1CCCC[C@H]1OCCNS(=O)(=O)c1ccc(OC(F)(F)F)cc1. The summed E-state index contributed by atoms with van der Waals surface area (Å²) in [4.78, 5) is -0.131. The second-order valence-corrected chi connectivity index (χ2v) is 7.85. The van der Waals surface area contributed by atoms with Gasteiger partial charge in [0.05, 0.1) is 17.6 Å². The summed E-state index contributed by atoms with van der Waals surface area (Å²) in [7, 11) is -3.80. The van der Waals surface area contributed by atoms with Crippen LogP contribution in [0.4, 0.5) is 13.2 Å². The average molecular weight is 381 g/mol. The Hall–Kier alpha value is -1.32. The van der Waals surface area contributed by atoms with E-state index in [4.69, 9.17) is 4.74 Å². The van der Waals surface area contributed by atoms with Gasteiger partial charge in [-0.25, -0.2) is 13.1 Å². The van der Waals surface area contributed by atoms with Gasteiger partial charge in [-0.05, 0) is 43.0 Å². The Morgan fingerprint density at radius 3 is 2.40 bits per heavy atom. The molecule has 0 spiro atoms. The number of halogens is 3. The first-order valence-corrected chi connectivity index (χ1v) is 9.63. The van der Waals surface area contributed by atoms with Crippen molar-refractivity contribution in [2.75, 3.05) is 13.2 Å². The minimum Gasteiger partial charge on any atom is -0.406 e. The molecule has 1 aliphatic rings. The lowest BCUT2D eigenvalue weighted by atomic mass is 9.88. The summed E-state index contributed by atoms with van der Waals surface area (Å²) < 4.78 is 72.3. The first kappa shape index (κ1) is 20.0. The van der Waals surface area contributed by atoms with Crippen LogP contribution in [0, 0.1) is 5.92 Å². The van der Waals surface area contributed by atoms with E-state index in [0.717, 1.165) is 43.5 Å². The van der Waals surface area contributed by atoms with E-state index in [9.17, 15) is 21.6 Å². The topological polar surface area (TPSA) is 64.6 Å². The van der Waals surface area contributed by atoms with E-state index in [1.807, 2.05) is 0 Å². The van der Waals surface area contributed by atoms with E-state index < -0.39 is 22.1 Å². The fraction of sp³-hybridized carbons (Fsp3) is 0.625. The first-order chi connectivity index (χ1) is 11.7. The highest BCUT2D eigenvalue weighted by molar-refractivity contribution is 7.89. The third-order valence-corrected chi connectivity index (χ3v) is 5.60. The number of ether oxygens (including phenoxy) is 2. The minimum atomic E-state index is -4.81. The van der Waals surface area contributed by atoms with Gasteiger partial charge in [0.15, 0.2) is 0 Å². The Morgan fingerprint density at radius 2 is 1.80 bits per heavy atom. The number of rotatable bonds is 7. The number of hydrogen-bond acceptors (Lipinski definition) is 4. The Kier molecular flexibility index (Phi) is 6.70. The molecular weight excluding hydrogens is 359 g/mol. The van der Waals surface area contributed by atoms with Gasteiger partial charge in [0.2, 0.25) is 10.0 Å². The van der Waals surface area contributed by atoms with Crippen LogP contribution in [-0.4, -0.2) is 34.0 Å². The maximum Gasteiger partial charge on any atom is 0.573 e. The van der Waals surface area contributed by atoms with Crippen molar-refractivity contribution in [1.82, 2.24) is 4.72 Å². The molecule has 1 aromatic carbocycles. The number of hydrogen-bond donors (Lipinski definition) is 1. The molecule has 0 aromatic heterocycles. The molecule has 1 aromatic rings. The molecule has 142 valence electrons. The van der Waals surface area contributed by atoms with Gasteiger partial charge in [-0.15, -0.1) is 13.2 Å². The smallest absolute Gasteiger partial charge is 0.406 e. The van der Waals surface area contributed by atoms with Gasteiger partial charge in [0.1, 0.15) is 5.75 Å². The summed E-state index contributed by atoms with van der Waals surface area (Å²) in [5.74, 6) is -0.00685. The molecule has 0 unspecified atom stereocenters. The van der Waals surface area contributed by atoms with Crippen LogP contribution in [-0.2, 0) is 14.8 Å². The van der Waals surface area contributed by atoms with Crippen LogP contribution in [0.15, 0.2) is 29.2 Å². The molecule has 2 atom stereocenters. The van der Waals surface area contributed by atoms with Crippen molar-refractivity contribution >= 4 is 10.0 Å². The van der Waals surface area contributed by atoms with Gasteiger partial charge in [-0.3, -0.25) is 0 Å². The summed E-state index contributed by atoms with van der Waals surface area (Å²) in [6.07, 6.45) is -0.254. The Morgan fingerprint density at radius 1 is 1.16 bits per heavy atom. The molecule has 1 aliphatic carbocycles. The zero-order valence-corrected chi connectivity index (χ0v) is 14.7.